The molecular formula is C20H19N5O3S. The molecule has 0 unspecified atom stereocenters. The third-order valence-electron chi connectivity index (χ3n) is 4.07. The average Bonchev–Trinajstić information content (AvgIpc) is 3.41. The van der Waals surface area contributed by atoms with Crippen molar-refractivity contribution >= 4 is 23.3 Å². The Morgan fingerprint density at radius 2 is 2.03 bits per heavy atom. The van der Waals surface area contributed by atoms with Crippen LogP contribution in [0.15, 0.2) is 64.4 Å². The van der Waals surface area contributed by atoms with Gasteiger partial charge < -0.3 is 14.5 Å². The quantitative estimate of drug-likeness (QED) is 0.447. The van der Waals surface area contributed by atoms with Crippen molar-refractivity contribution in [3.8, 4) is 17.0 Å². The molecule has 4 aromatic rings. The summed E-state index contributed by atoms with van der Waals surface area (Å²) in [6.07, 6.45) is 1.58. The Bertz CT molecular complexity index is 1090. The minimum absolute atomic E-state index is 0.120. The van der Waals surface area contributed by atoms with E-state index in [1.807, 2.05) is 49.4 Å². The Kier molecular flexibility index (Phi) is 5.76. The molecule has 9 heteroatoms. The number of carbonyl (C=O) groups excluding carboxylic acids is 1. The van der Waals surface area contributed by atoms with E-state index < -0.39 is 0 Å². The van der Waals surface area contributed by atoms with Crippen LogP contribution in [-0.4, -0.2) is 38.1 Å². The maximum absolute atomic E-state index is 12.1. The second kappa shape index (κ2) is 8.78. The van der Waals surface area contributed by atoms with E-state index in [4.69, 9.17) is 9.15 Å². The van der Waals surface area contributed by atoms with E-state index in [9.17, 15) is 4.79 Å². The van der Waals surface area contributed by atoms with Crippen molar-refractivity contribution in [2.45, 2.75) is 18.6 Å². The predicted octanol–water partition coefficient (Wildman–Crippen LogP) is 3.19. The highest BCUT2D eigenvalue weighted by atomic mass is 32.2. The summed E-state index contributed by atoms with van der Waals surface area (Å²) < 4.78 is 12.3. The van der Waals surface area contributed by atoms with Gasteiger partial charge in [-0.3, -0.25) is 4.79 Å². The molecule has 0 radical (unpaired) electrons. The van der Waals surface area contributed by atoms with E-state index in [-0.39, 0.29) is 11.7 Å². The molecule has 0 aliphatic rings. The molecule has 0 aliphatic heterocycles. The molecule has 148 valence electrons. The Labute approximate surface area is 171 Å². The Hall–Kier alpha value is -3.33. The summed E-state index contributed by atoms with van der Waals surface area (Å²) in [5.74, 6) is 1.61. The van der Waals surface area contributed by atoms with Gasteiger partial charge in [-0.05, 0) is 55.5 Å². The highest BCUT2D eigenvalue weighted by molar-refractivity contribution is 7.99. The van der Waals surface area contributed by atoms with Gasteiger partial charge >= 0.3 is 0 Å². The summed E-state index contributed by atoms with van der Waals surface area (Å²) in [4.78, 5) is 12.1. The van der Waals surface area contributed by atoms with E-state index >= 15 is 0 Å². The number of carbonyl (C=O) groups is 1. The van der Waals surface area contributed by atoms with Crippen molar-refractivity contribution in [2.75, 3.05) is 12.4 Å². The second-order valence-corrected chi connectivity index (χ2v) is 7.02. The van der Waals surface area contributed by atoms with Crippen LogP contribution in [0.25, 0.3) is 16.9 Å². The number of nitrogens with zero attached hydrogens (tertiary/aromatic N) is 4. The largest absolute Gasteiger partial charge is 0.494 e. The monoisotopic (exact) mass is 409 g/mol. The molecule has 4 rings (SSSR count). The fourth-order valence-electron chi connectivity index (χ4n) is 2.68. The van der Waals surface area contributed by atoms with E-state index in [2.05, 4.69) is 20.6 Å². The standard InChI is InChI=1S/C20H19N5O3S/c1-2-27-15-7-5-14(6-8-15)17-9-10-18-22-23-20(25(18)24-17)29-13-19(26)21-12-16-4-3-11-28-16/h3-11H,2,12-13H2,1H3,(H,21,26). The van der Waals surface area contributed by atoms with Crippen LogP contribution in [0.3, 0.4) is 0 Å². The summed E-state index contributed by atoms with van der Waals surface area (Å²) >= 11 is 1.28. The van der Waals surface area contributed by atoms with Crippen molar-refractivity contribution in [3.05, 3.63) is 60.6 Å². The highest BCUT2D eigenvalue weighted by Gasteiger charge is 2.12. The number of ether oxygens (including phenoxy) is 1. The van der Waals surface area contributed by atoms with Gasteiger partial charge in [0.05, 0.1) is 30.9 Å². The fourth-order valence-corrected chi connectivity index (χ4v) is 3.40. The molecule has 0 aliphatic carbocycles. The number of aromatic nitrogens is 4. The SMILES string of the molecule is CCOc1ccc(-c2ccc3nnc(SCC(=O)NCc4ccco4)n3n2)cc1. The third-order valence-corrected chi connectivity index (χ3v) is 4.99. The van der Waals surface area contributed by atoms with Gasteiger partial charge in [-0.2, -0.15) is 9.61 Å². The minimum atomic E-state index is -0.120. The van der Waals surface area contributed by atoms with Crippen LogP contribution < -0.4 is 10.1 Å². The van der Waals surface area contributed by atoms with Gasteiger partial charge in [-0.25, -0.2) is 0 Å². The molecular weight excluding hydrogens is 390 g/mol. The molecule has 0 atom stereocenters. The summed E-state index contributed by atoms with van der Waals surface area (Å²) in [6, 6.07) is 15.1. The number of benzene rings is 1. The Morgan fingerprint density at radius 3 is 2.79 bits per heavy atom. The normalized spacial score (nSPS) is 10.9. The molecule has 1 aromatic carbocycles. The van der Waals surface area contributed by atoms with Crippen molar-refractivity contribution < 1.29 is 13.9 Å². The zero-order chi connectivity index (χ0) is 20.1. The molecule has 0 saturated carbocycles. The van der Waals surface area contributed by atoms with Crippen LogP contribution in [0.5, 0.6) is 5.75 Å². The molecule has 1 amide bonds. The number of furan rings is 1. The maximum Gasteiger partial charge on any atom is 0.230 e. The van der Waals surface area contributed by atoms with E-state index in [1.54, 1.807) is 16.8 Å². The first-order valence-electron chi connectivity index (χ1n) is 9.10. The number of nitrogens with one attached hydrogen (secondary N) is 1. The molecule has 1 N–H and O–H groups in total. The average molecular weight is 409 g/mol. The van der Waals surface area contributed by atoms with Gasteiger partial charge in [0.2, 0.25) is 11.1 Å². The van der Waals surface area contributed by atoms with Gasteiger partial charge in [0.25, 0.3) is 0 Å². The first-order valence-corrected chi connectivity index (χ1v) is 10.1. The topological polar surface area (TPSA) is 94.5 Å². The zero-order valence-electron chi connectivity index (χ0n) is 15.7. The third kappa shape index (κ3) is 4.57. The van der Waals surface area contributed by atoms with Crippen molar-refractivity contribution in [3.63, 3.8) is 0 Å². The van der Waals surface area contributed by atoms with Crippen LogP contribution in [0.2, 0.25) is 0 Å². The molecule has 3 heterocycles. The van der Waals surface area contributed by atoms with Crippen LogP contribution in [0.4, 0.5) is 0 Å². The van der Waals surface area contributed by atoms with Crippen molar-refractivity contribution in [1.29, 1.82) is 0 Å². The summed E-state index contributed by atoms with van der Waals surface area (Å²) in [7, 11) is 0. The first-order chi connectivity index (χ1) is 14.2. The van der Waals surface area contributed by atoms with Crippen LogP contribution >= 0.6 is 11.8 Å². The van der Waals surface area contributed by atoms with Crippen molar-refractivity contribution in [1.82, 2.24) is 25.1 Å². The lowest BCUT2D eigenvalue weighted by atomic mass is 10.1. The van der Waals surface area contributed by atoms with Gasteiger partial charge in [0, 0.05) is 5.56 Å². The Balaban J connectivity index is 1.44. The molecule has 0 bridgehead atoms. The van der Waals surface area contributed by atoms with Gasteiger partial charge in [-0.1, -0.05) is 11.8 Å². The van der Waals surface area contributed by atoms with Gasteiger partial charge in [0.1, 0.15) is 11.5 Å². The van der Waals surface area contributed by atoms with Gasteiger partial charge in [-0.15, -0.1) is 10.2 Å². The van der Waals surface area contributed by atoms with Crippen molar-refractivity contribution in [2.24, 2.45) is 0 Å². The van der Waals surface area contributed by atoms with Crippen LogP contribution in [0.1, 0.15) is 12.7 Å². The van der Waals surface area contributed by atoms with E-state index in [0.717, 1.165) is 17.0 Å². The smallest absolute Gasteiger partial charge is 0.230 e. The molecule has 0 fully saturated rings. The second-order valence-electron chi connectivity index (χ2n) is 6.07. The molecule has 3 aromatic heterocycles. The first kappa shape index (κ1) is 19.0. The summed E-state index contributed by atoms with van der Waals surface area (Å²) in [6.45, 7) is 2.93. The predicted molar refractivity (Wildman–Crippen MR) is 109 cm³/mol. The number of hydrogen-bond acceptors (Lipinski definition) is 7. The number of thioether (sulfide) groups is 1. The summed E-state index contributed by atoms with van der Waals surface area (Å²) in [5, 5.41) is 16.3. The van der Waals surface area contributed by atoms with Crippen LogP contribution in [0, 0.1) is 0 Å². The Morgan fingerprint density at radius 1 is 1.17 bits per heavy atom. The van der Waals surface area contributed by atoms with E-state index in [1.165, 1.54) is 11.8 Å². The molecule has 0 spiro atoms. The maximum atomic E-state index is 12.1. The molecule has 0 saturated heterocycles. The number of hydrogen-bond donors (Lipinski definition) is 1. The summed E-state index contributed by atoms with van der Waals surface area (Å²) in [5.41, 5.74) is 2.36. The van der Waals surface area contributed by atoms with Crippen LogP contribution in [-0.2, 0) is 11.3 Å². The number of rotatable bonds is 8. The number of amides is 1. The lowest BCUT2D eigenvalue weighted by molar-refractivity contribution is -0.118. The fraction of sp³-hybridized carbons (Fsp3) is 0.200. The number of fused-ring (bicyclic) bond motifs is 1. The highest BCUT2D eigenvalue weighted by Crippen LogP contribution is 2.23. The lowest BCUT2D eigenvalue weighted by Crippen LogP contribution is -2.24. The van der Waals surface area contributed by atoms with Gasteiger partial charge in [0.15, 0.2) is 5.65 Å². The minimum Gasteiger partial charge on any atom is -0.494 e. The zero-order valence-corrected chi connectivity index (χ0v) is 16.6. The lowest BCUT2D eigenvalue weighted by Gasteiger charge is -2.06. The molecule has 8 nitrogen and oxygen atoms in total. The molecule has 29 heavy (non-hydrogen) atoms. The van der Waals surface area contributed by atoms with E-state index in [0.29, 0.717) is 29.7 Å².